The molecule has 130 valence electrons. The normalized spacial score (nSPS) is 17.1. The lowest BCUT2D eigenvalue weighted by molar-refractivity contribution is -0.125. The number of carbonyl (C=O) groups is 2. The van der Waals surface area contributed by atoms with Crippen LogP contribution in [0.1, 0.15) is 6.42 Å². The van der Waals surface area contributed by atoms with Crippen molar-refractivity contribution in [1.29, 1.82) is 0 Å². The van der Waals surface area contributed by atoms with Gasteiger partial charge in [-0.2, -0.15) is 0 Å². The Morgan fingerprint density at radius 2 is 2.04 bits per heavy atom. The van der Waals surface area contributed by atoms with Crippen LogP contribution in [0.25, 0.3) is 0 Å². The lowest BCUT2D eigenvalue weighted by Gasteiger charge is -2.23. The molecule has 0 bridgehead atoms. The van der Waals surface area contributed by atoms with Gasteiger partial charge in [0.1, 0.15) is 0 Å². The first kappa shape index (κ1) is 18.5. The number of thioether (sulfide) groups is 1. The van der Waals surface area contributed by atoms with Gasteiger partial charge in [-0.15, -0.1) is 0 Å². The summed E-state index contributed by atoms with van der Waals surface area (Å²) in [6, 6.07) is 7.54. The van der Waals surface area contributed by atoms with E-state index in [1.54, 1.807) is 0 Å². The van der Waals surface area contributed by atoms with Gasteiger partial charge in [0.25, 0.3) is 0 Å². The molecule has 1 unspecified atom stereocenters. The van der Waals surface area contributed by atoms with Crippen molar-refractivity contribution < 1.29 is 9.59 Å². The first-order valence-electron chi connectivity index (χ1n) is 7.92. The fourth-order valence-electron chi connectivity index (χ4n) is 2.45. The summed E-state index contributed by atoms with van der Waals surface area (Å²) in [7, 11) is 3.92. The predicted molar refractivity (Wildman–Crippen MR) is 100 cm³/mol. The molecule has 1 heterocycles. The third kappa shape index (κ3) is 5.35. The molecule has 1 aromatic rings. The van der Waals surface area contributed by atoms with E-state index in [-0.39, 0.29) is 17.1 Å². The first-order chi connectivity index (χ1) is 11.5. The van der Waals surface area contributed by atoms with Crippen LogP contribution in [0.4, 0.5) is 11.4 Å². The van der Waals surface area contributed by atoms with Crippen LogP contribution in [-0.4, -0.2) is 68.2 Å². The summed E-state index contributed by atoms with van der Waals surface area (Å²) in [6.07, 6.45) is 0.733. The molecule has 1 atom stereocenters. The molecular weight excluding hydrogens is 324 g/mol. The smallest absolute Gasteiger partial charge is 0.234 e. The van der Waals surface area contributed by atoms with Gasteiger partial charge in [-0.25, -0.2) is 0 Å². The van der Waals surface area contributed by atoms with Crippen molar-refractivity contribution in [2.75, 3.05) is 44.4 Å². The fraction of sp³-hybridized carbons (Fsp3) is 0.471. The molecule has 0 aliphatic carbocycles. The van der Waals surface area contributed by atoms with Gasteiger partial charge in [0.05, 0.1) is 18.3 Å². The zero-order chi connectivity index (χ0) is 17.5. The van der Waals surface area contributed by atoms with Crippen LogP contribution in [0, 0.1) is 0 Å². The molecule has 0 aromatic heterocycles. The van der Waals surface area contributed by atoms with Crippen molar-refractivity contribution in [1.82, 2.24) is 10.2 Å². The molecule has 6 nitrogen and oxygen atoms in total. The van der Waals surface area contributed by atoms with Gasteiger partial charge in [-0.05, 0) is 44.5 Å². The molecule has 1 amide bonds. The van der Waals surface area contributed by atoms with Gasteiger partial charge in [-0.1, -0.05) is 11.8 Å². The molecule has 2 rings (SSSR count). The van der Waals surface area contributed by atoms with Crippen LogP contribution in [0.15, 0.2) is 29.3 Å². The summed E-state index contributed by atoms with van der Waals surface area (Å²) < 4.78 is 0. The summed E-state index contributed by atoms with van der Waals surface area (Å²) in [6.45, 7) is 5.34. The second-order valence-corrected chi connectivity index (χ2v) is 7.01. The number of hydrogen-bond donors (Lipinski definition) is 1. The van der Waals surface area contributed by atoms with Crippen molar-refractivity contribution >= 4 is 40.9 Å². The SMILES string of the molecule is C=Nc1ccc(N(C)CCN(C)CC(=O)NC2CCSC2=O)cc1. The Kier molecular flexibility index (Phi) is 6.81. The molecule has 1 aliphatic heterocycles. The van der Waals surface area contributed by atoms with Crippen molar-refractivity contribution in [3.8, 4) is 0 Å². The Bertz CT molecular complexity index is 591. The van der Waals surface area contributed by atoms with E-state index in [2.05, 4.69) is 21.9 Å². The molecule has 0 spiro atoms. The number of carbonyl (C=O) groups excluding carboxylic acids is 2. The van der Waals surface area contributed by atoms with Crippen LogP contribution < -0.4 is 10.2 Å². The van der Waals surface area contributed by atoms with E-state index >= 15 is 0 Å². The van der Waals surface area contributed by atoms with Crippen LogP contribution in [-0.2, 0) is 9.59 Å². The van der Waals surface area contributed by atoms with Gasteiger partial charge in [0.15, 0.2) is 0 Å². The Morgan fingerprint density at radius 3 is 2.62 bits per heavy atom. The van der Waals surface area contributed by atoms with Crippen LogP contribution in [0.5, 0.6) is 0 Å². The van der Waals surface area contributed by atoms with Gasteiger partial charge >= 0.3 is 0 Å². The van der Waals surface area contributed by atoms with Crippen molar-refractivity contribution in [2.24, 2.45) is 4.99 Å². The third-order valence-electron chi connectivity index (χ3n) is 3.97. The number of rotatable bonds is 8. The average Bonchev–Trinajstić information content (AvgIpc) is 2.97. The molecular formula is C17H24N4O2S. The van der Waals surface area contributed by atoms with E-state index in [1.807, 2.05) is 43.3 Å². The minimum atomic E-state index is -0.310. The molecule has 0 radical (unpaired) electrons. The number of nitrogens with zero attached hydrogens (tertiary/aromatic N) is 3. The first-order valence-corrected chi connectivity index (χ1v) is 8.90. The van der Waals surface area contributed by atoms with E-state index in [0.29, 0.717) is 6.54 Å². The number of amides is 1. The monoisotopic (exact) mass is 348 g/mol. The highest BCUT2D eigenvalue weighted by Gasteiger charge is 2.26. The van der Waals surface area contributed by atoms with Gasteiger partial charge < -0.3 is 10.2 Å². The average molecular weight is 348 g/mol. The number of nitrogens with one attached hydrogen (secondary N) is 1. The number of hydrogen-bond acceptors (Lipinski definition) is 6. The largest absolute Gasteiger partial charge is 0.373 e. The lowest BCUT2D eigenvalue weighted by Crippen LogP contribution is -2.43. The summed E-state index contributed by atoms with van der Waals surface area (Å²) in [5.74, 6) is 0.701. The molecule has 1 N–H and O–H groups in total. The zero-order valence-electron chi connectivity index (χ0n) is 14.2. The van der Waals surface area contributed by atoms with E-state index in [1.165, 1.54) is 11.8 Å². The van der Waals surface area contributed by atoms with Crippen LogP contribution >= 0.6 is 11.8 Å². The van der Waals surface area contributed by atoms with Crippen LogP contribution in [0.3, 0.4) is 0 Å². The maximum absolute atomic E-state index is 12.0. The molecule has 24 heavy (non-hydrogen) atoms. The lowest BCUT2D eigenvalue weighted by atomic mass is 10.2. The molecule has 7 heteroatoms. The van der Waals surface area contributed by atoms with Crippen molar-refractivity contribution in [3.05, 3.63) is 24.3 Å². The van der Waals surface area contributed by atoms with E-state index in [0.717, 1.165) is 36.6 Å². The molecule has 0 saturated carbocycles. The summed E-state index contributed by atoms with van der Waals surface area (Å²) in [5.41, 5.74) is 1.94. The van der Waals surface area contributed by atoms with E-state index in [9.17, 15) is 9.59 Å². The highest BCUT2D eigenvalue weighted by molar-refractivity contribution is 8.14. The Hall–Kier alpha value is -1.86. The zero-order valence-corrected chi connectivity index (χ0v) is 15.0. The van der Waals surface area contributed by atoms with Crippen molar-refractivity contribution in [2.45, 2.75) is 12.5 Å². The number of anilines is 1. The minimum absolute atomic E-state index is 0.0724. The second kappa shape index (κ2) is 8.84. The maximum atomic E-state index is 12.0. The number of aliphatic imine (C=N–C) groups is 1. The maximum Gasteiger partial charge on any atom is 0.234 e. The van der Waals surface area contributed by atoms with Crippen molar-refractivity contribution in [3.63, 3.8) is 0 Å². The van der Waals surface area contributed by atoms with Gasteiger partial charge in [0.2, 0.25) is 11.0 Å². The Balaban J connectivity index is 1.73. The number of benzene rings is 1. The Labute approximate surface area is 147 Å². The number of likely N-dealkylation sites (N-methyl/N-ethyl adjacent to an activating group) is 2. The second-order valence-electron chi connectivity index (χ2n) is 5.91. The highest BCUT2D eigenvalue weighted by atomic mass is 32.2. The third-order valence-corrected chi connectivity index (χ3v) is 4.98. The quantitative estimate of drug-likeness (QED) is 0.722. The molecule has 1 aromatic carbocycles. The van der Waals surface area contributed by atoms with Crippen LogP contribution in [0.2, 0.25) is 0 Å². The summed E-state index contributed by atoms with van der Waals surface area (Å²) >= 11 is 1.30. The van der Waals surface area contributed by atoms with E-state index < -0.39 is 0 Å². The molecule has 1 aliphatic rings. The van der Waals surface area contributed by atoms with E-state index in [4.69, 9.17) is 0 Å². The fourth-order valence-corrected chi connectivity index (χ4v) is 3.39. The highest BCUT2D eigenvalue weighted by Crippen LogP contribution is 2.19. The Morgan fingerprint density at radius 1 is 1.33 bits per heavy atom. The summed E-state index contributed by atoms with van der Waals surface area (Å²) in [4.78, 5) is 31.5. The molecule has 1 fully saturated rings. The van der Waals surface area contributed by atoms with Gasteiger partial charge in [-0.3, -0.25) is 19.5 Å². The standard InChI is InChI=1S/C17H24N4O2S/c1-18-13-4-6-14(7-5-13)21(3)10-9-20(2)12-16(22)19-15-8-11-24-17(15)23/h4-7,15H,1,8-12H2,2-3H3,(H,19,22). The van der Waals surface area contributed by atoms with Gasteiger partial charge in [0, 0.05) is 31.6 Å². The predicted octanol–water partition coefficient (Wildman–Crippen LogP) is 1.53. The topological polar surface area (TPSA) is 65.0 Å². The molecule has 1 saturated heterocycles. The summed E-state index contributed by atoms with van der Waals surface area (Å²) in [5, 5.41) is 2.88. The minimum Gasteiger partial charge on any atom is -0.373 e.